The molecule has 0 spiro atoms. The highest BCUT2D eigenvalue weighted by Crippen LogP contribution is 2.35. The van der Waals surface area contributed by atoms with Gasteiger partial charge in [-0.2, -0.15) is 0 Å². The molecular weight excluding hydrogens is 172 g/mol. The van der Waals surface area contributed by atoms with Crippen molar-refractivity contribution in [3.8, 4) is 0 Å². The number of allylic oxidation sites excluding steroid dienone is 1. The summed E-state index contributed by atoms with van der Waals surface area (Å²) in [6, 6.07) is 0.757. The summed E-state index contributed by atoms with van der Waals surface area (Å²) in [7, 11) is 0. The predicted octanol–water partition coefficient (Wildman–Crippen LogP) is 1.73. The van der Waals surface area contributed by atoms with Crippen molar-refractivity contribution in [1.82, 2.24) is 4.90 Å². The predicted molar refractivity (Wildman–Crippen MR) is 58.7 cm³/mol. The first-order valence-corrected chi connectivity index (χ1v) is 5.82. The van der Waals surface area contributed by atoms with E-state index in [-0.39, 0.29) is 0 Å². The molecule has 2 heterocycles. The Hall–Kier alpha value is -0.630. The van der Waals surface area contributed by atoms with E-state index in [0.29, 0.717) is 0 Å². The Morgan fingerprint density at radius 1 is 1.36 bits per heavy atom. The first-order valence-electron chi connectivity index (χ1n) is 5.82. The average Bonchev–Trinajstić information content (AvgIpc) is 2.26. The quantitative estimate of drug-likeness (QED) is 0.531. The normalized spacial score (nSPS) is 41.9. The number of aliphatic imine (C=N–C) groups is 1. The lowest BCUT2D eigenvalue weighted by molar-refractivity contribution is 0.0888. The third-order valence-electron chi connectivity index (χ3n) is 3.99. The lowest BCUT2D eigenvalue weighted by Crippen LogP contribution is -2.51. The third-order valence-corrected chi connectivity index (χ3v) is 3.99. The van der Waals surface area contributed by atoms with Gasteiger partial charge in [-0.25, -0.2) is 0 Å². The molecule has 3 unspecified atom stereocenters. The summed E-state index contributed by atoms with van der Waals surface area (Å²) in [5, 5.41) is 0. The number of nitrogens with zero attached hydrogens (tertiary/aromatic N) is 2. The van der Waals surface area contributed by atoms with Gasteiger partial charge >= 0.3 is 0 Å². The number of fused-ring (bicyclic) bond motifs is 2. The van der Waals surface area contributed by atoms with Crippen molar-refractivity contribution in [2.24, 2.45) is 16.8 Å². The van der Waals surface area contributed by atoms with Gasteiger partial charge in [-0.3, -0.25) is 9.89 Å². The van der Waals surface area contributed by atoms with Crippen molar-refractivity contribution in [3.63, 3.8) is 0 Å². The molecule has 0 saturated carbocycles. The van der Waals surface area contributed by atoms with E-state index in [9.17, 15) is 0 Å². The molecule has 3 aliphatic rings. The fraction of sp³-hybridized carbons (Fsp3) is 0.750. The summed E-state index contributed by atoms with van der Waals surface area (Å²) in [5.74, 6) is 1.79. The molecule has 2 heteroatoms. The summed E-state index contributed by atoms with van der Waals surface area (Å²) in [6.07, 6.45) is 11.0. The first kappa shape index (κ1) is 8.66. The Bertz CT molecular complexity index is 269. The summed E-state index contributed by atoms with van der Waals surface area (Å²) >= 11 is 0. The first-order chi connectivity index (χ1) is 6.93. The topological polar surface area (TPSA) is 15.6 Å². The van der Waals surface area contributed by atoms with Crippen molar-refractivity contribution in [3.05, 3.63) is 12.2 Å². The van der Waals surface area contributed by atoms with E-state index in [0.717, 1.165) is 31.0 Å². The molecule has 76 valence electrons. The van der Waals surface area contributed by atoms with Crippen LogP contribution in [0.3, 0.4) is 0 Å². The van der Waals surface area contributed by atoms with Gasteiger partial charge in [0, 0.05) is 25.3 Å². The second-order valence-corrected chi connectivity index (χ2v) is 4.82. The summed E-state index contributed by atoms with van der Waals surface area (Å²) in [5.41, 5.74) is 0. The number of rotatable bonds is 0. The van der Waals surface area contributed by atoms with E-state index in [1.165, 1.54) is 25.8 Å². The van der Waals surface area contributed by atoms with Gasteiger partial charge in [-0.05, 0) is 31.1 Å². The fourth-order valence-corrected chi connectivity index (χ4v) is 3.15. The van der Waals surface area contributed by atoms with Gasteiger partial charge in [0.1, 0.15) is 0 Å². The second kappa shape index (κ2) is 3.50. The molecule has 1 saturated heterocycles. The molecule has 0 N–H and O–H groups in total. The van der Waals surface area contributed by atoms with Crippen LogP contribution in [-0.4, -0.2) is 36.8 Å². The maximum absolute atomic E-state index is 4.41. The lowest BCUT2D eigenvalue weighted by atomic mass is 9.76. The van der Waals surface area contributed by atoms with Crippen LogP contribution in [0.5, 0.6) is 0 Å². The molecule has 0 aromatic rings. The highest BCUT2D eigenvalue weighted by Gasteiger charge is 2.35. The van der Waals surface area contributed by atoms with Crippen LogP contribution in [0.2, 0.25) is 0 Å². The Kier molecular flexibility index (Phi) is 2.17. The Morgan fingerprint density at radius 3 is 3.36 bits per heavy atom. The molecule has 2 aliphatic heterocycles. The van der Waals surface area contributed by atoms with Gasteiger partial charge in [0.05, 0.1) is 6.54 Å². The molecule has 14 heavy (non-hydrogen) atoms. The molecule has 0 aromatic carbocycles. The van der Waals surface area contributed by atoms with Crippen LogP contribution in [0.25, 0.3) is 0 Å². The van der Waals surface area contributed by atoms with Gasteiger partial charge in [0.2, 0.25) is 0 Å². The fourth-order valence-electron chi connectivity index (χ4n) is 3.15. The van der Waals surface area contributed by atoms with Crippen molar-refractivity contribution >= 4 is 6.21 Å². The average molecular weight is 190 g/mol. The molecule has 0 amide bonds. The molecule has 0 radical (unpaired) electrons. The van der Waals surface area contributed by atoms with Crippen LogP contribution < -0.4 is 0 Å². The molecule has 3 atom stereocenters. The Morgan fingerprint density at radius 2 is 2.36 bits per heavy atom. The standard InChI is InChI=1S/C12H18N2/c1-2-4-11-9-14-6-5-13-8-12(14)7-10(11)3-1/h2,4-5,10-12H,1,3,6-9H2. The Labute approximate surface area is 85.7 Å². The molecule has 3 rings (SSSR count). The molecular formula is C12H18N2. The zero-order valence-corrected chi connectivity index (χ0v) is 8.60. The summed E-state index contributed by atoms with van der Waals surface area (Å²) in [4.78, 5) is 7.03. The minimum atomic E-state index is 0.757. The molecule has 1 fully saturated rings. The van der Waals surface area contributed by atoms with E-state index in [1.54, 1.807) is 0 Å². The molecule has 2 nitrogen and oxygen atoms in total. The van der Waals surface area contributed by atoms with Crippen LogP contribution in [0.15, 0.2) is 17.1 Å². The van der Waals surface area contributed by atoms with Crippen LogP contribution in [0.4, 0.5) is 0 Å². The van der Waals surface area contributed by atoms with Crippen LogP contribution in [0, 0.1) is 11.8 Å². The van der Waals surface area contributed by atoms with Crippen LogP contribution in [-0.2, 0) is 0 Å². The van der Waals surface area contributed by atoms with Crippen molar-refractivity contribution in [2.45, 2.75) is 25.3 Å². The minimum absolute atomic E-state index is 0.757. The van der Waals surface area contributed by atoms with Gasteiger partial charge in [0.25, 0.3) is 0 Å². The van der Waals surface area contributed by atoms with E-state index in [1.807, 2.05) is 0 Å². The van der Waals surface area contributed by atoms with E-state index in [2.05, 4.69) is 28.3 Å². The van der Waals surface area contributed by atoms with Crippen molar-refractivity contribution in [2.75, 3.05) is 19.6 Å². The van der Waals surface area contributed by atoms with Crippen LogP contribution in [0.1, 0.15) is 19.3 Å². The minimum Gasteiger partial charge on any atom is -0.295 e. The smallest absolute Gasteiger partial charge is 0.0542 e. The van der Waals surface area contributed by atoms with Crippen molar-refractivity contribution < 1.29 is 0 Å². The lowest BCUT2D eigenvalue weighted by Gasteiger charge is -2.44. The maximum Gasteiger partial charge on any atom is 0.0542 e. The number of piperidine rings is 1. The zero-order chi connectivity index (χ0) is 9.38. The Balaban J connectivity index is 1.77. The zero-order valence-electron chi connectivity index (χ0n) is 8.60. The number of hydrogen-bond acceptors (Lipinski definition) is 2. The second-order valence-electron chi connectivity index (χ2n) is 4.82. The van der Waals surface area contributed by atoms with E-state index < -0.39 is 0 Å². The molecule has 0 bridgehead atoms. The number of hydrogen-bond donors (Lipinski definition) is 0. The molecule has 0 aromatic heterocycles. The largest absolute Gasteiger partial charge is 0.295 e. The van der Waals surface area contributed by atoms with Gasteiger partial charge < -0.3 is 0 Å². The van der Waals surface area contributed by atoms with E-state index in [4.69, 9.17) is 0 Å². The summed E-state index contributed by atoms with van der Waals surface area (Å²) < 4.78 is 0. The van der Waals surface area contributed by atoms with Gasteiger partial charge in [-0.15, -0.1) is 0 Å². The highest BCUT2D eigenvalue weighted by atomic mass is 15.2. The highest BCUT2D eigenvalue weighted by molar-refractivity contribution is 5.60. The van der Waals surface area contributed by atoms with Crippen molar-refractivity contribution in [1.29, 1.82) is 0 Å². The van der Waals surface area contributed by atoms with Gasteiger partial charge in [0.15, 0.2) is 0 Å². The molecule has 1 aliphatic carbocycles. The monoisotopic (exact) mass is 190 g/mol. The maximum atomic E-state index is 4.41. The van der Waals surface area contributed by atoms with Gasteiger partial charge in [-0.1, -0.05) is 12.2 Å². The van der Waals surface area contributed by atoms with E-state index >= 15 is 0 Å². The summed E-state index contributed by atoms with van der Waals surface area (Å²) in [6.45, 7) is 3.41. The van der Waals surface area contributed by atoms with Crippen LogP contribution >= 0.6 is 0 Å². The third kappa shape index (κ3) is 1.42. The SMILES string of the molecule is C1=CC2CN3CC=NCC3CC2CC1.